The summed E-state index contributed by atoms with van der Waals surface area (Å²) >= 11 is 4.87. The van der Waals surface area contributed by atoms with Gasteiger partial charge in [0.2, 0.25) is 4.96 Å². The van der Waals surface area contributed by atoms with Crippen LogP contribution in [0.2, 0.25) is 0 Å². The van der Waals surface area contributed by atoms with Crippen LogP contribution in [0.25, 0.3) is 16.2 Å². The minimum Gasteiger partial charge on any atom is -0.289 e. The van der Waals surface area contributed by atoms with Gasteiger partial charge in [-0.3, -0.25) is 10.1 Å². The Hall–Kier alpha value is -2.51. The Balaban J connectivity index is 1.65. The van der Waals surface area contributed by atoms with Crippen molar-refractivity contribution < 1.29 is 4.79 Å². The molecule has 0 atom stereocenters. The maximum Gasteiger partial charge on any atom is 0.259 e. The Kier molecular flexibility index (Phi) is 4.10. The second-order valence-corrected chi connectivity index (χ2v) is 7.24. The van der Waals surface area contributed by atoms with Gasteiger partial charge in [-0.15, -0.1) is 16.4 Å². The molecule has 2 aromatic carbocycles. The Morgan fingerprint density at radius 2 is 1.92 bits per heavy atom. The van der Waals surface area contributed by atoms with Gasteiger partial charge in [-0.1, -0.05) is 42.0 Å². The van der Waals surface area contributed by atoms with Crippen LogP contribution in [0.5, 0.6) is 0 Å². The molecule has 0 fully saturated rings. The summed E-state index contributed by atoms with van der Waals surface area (Å²) in [6.45, 7) is 2.05. The first-order valence-electron chi connectivity index (χ1n) is 7.59. The summed E-state index contributed by atoms with van der Waals surface area (Å²) in [6.07, 6.45) is 0. The molecule has 0 aliphatic carbocycles. The van der Waals surface area contributed by atoms with Crippen LogP contribution in [0.1, 0.15) is 15.9 Å². The van der Waals surface area contributed by atoms with Crippen molar-refractivity contribution in [1.82, 2.24) is 14.6 Å². The summed E-state index contributed by atoms with van der Waals surface area (Å²) in [5, 5.41) is 9.21. The summed E-state index contributed by atoms with van der Waals surface area (Å²) < 4.78 is 2.49. The third-order valence-electron chi connectivity index (χ3n) is 3.77. The number of fused-ring (bicyclic) bond motifs is 1. The number of thiazole rings is 1. The van der Waals surface area contributed by atoms with E-state index in [1.807, 2.05) is 23.6 Å². The molecule has 2 aromatic heterocycles. The lowest BCUT2D eigenvalue weighted by atomic mass is 10.1. The van der Waals surface area contributed by atoms with Crippen LogP contribution in [-0.2, 0) is 0 Å². The first kappa shape index (κ1) is 16.0. The van der Waals surface area contributed by atoms with Crippen LogP contribution in [0.4, 0.5) is 5.95 Å². The molecule has 0 radical (unpaired) electrons. The molecule has 0 aliphatic heterocycles. The fraction of sp³-hybridized carbons (Fsp3) is 0.0556. The molecule has 5 nitrogen and oxygen atoms in total. The van der Waals surface area contributed by atoms with Crippen LogP contribution in [0.3, 0.4) is 0 Å². The van der Waals surface area contributed by atoms with Crippen LogP contribution in [-0.4, -0.2) is 20.5 Å². The van der Waals surface area contributed by atoms with Crippen molar-refractivity contribution in [2.24, 2.45) is 0 Å². The van der Waals surface area contributed by atoms with E-state index in [-0.39, 0.29) is 5.91 Å². The Morgan fingerprint density at radius 3 is 2.68 bits per heavy atom. The topological polar surface area (TPSA) is 59.3 Å². The minimum absolute atomic E-state index is 0.248. The van der Waals surface area contributed by atoms with Crippen LogP contribution < -0.4 is 5.32 Å². The second-order valence-electron chi connectivity index (χ2n) is 5.55. The van der Waals surface area contributed by atoms with Crippen LogP contribution in [0.15, 0.2) is 58.4 Å². The van der Waals surface area contributed by atoms with E-state index in [1.54, 1.807) is 10.6 Å². The highest BCUT2D eigenvalue weighted by Gasteiger charge is 2.15. The molecule has 124 valence electrons. The van der Waals surface area contributed by atoms with Crippen LogP contribution >= 0.6 is 27.3 Å². The predicted octanol–water partition coefficient (Wildman–Crippen LogP) is 4.78. The quantitative estimate of drug-likeness (QED) is 0.526. The van der Waals surface area contributed by atoms with Gasteiger partial charge in [0.1, 0.15) is 0 Å². The fourth-order valence-electron chi connectivity index (χ4n) is 2.47. The highest BCUT2D eigenvalue weighted by Crippen LogP contribution is 2.26. The summed E-state index contributed by atoms with van der Waals surface area (Å²) in [6, 6.07) is 15.5. The maximum atomic E-state index is 12.4. The maximum absolute atomic E-state index is 12.4. The van der Waals surface area contributed by atoms with Crippen molar-refractivity contribution in [2.45, 2.75) is 6.92 Å². The van der Waals surface area contributed by atoms with E-state index in [9.17, 15) is 4.79 Å². The smallest absolute Gasteiger partial charge is 0.259 e. The average molecular weight is 413 g/mol. The second kappa shape index (κ2) is 6.42. The molecule has 0 aliphatic rings. The van der Waals surface area contributed by atoms with Crippen molar-refractivity contribution in [3.05, 3.63) is 69.5 Å². The van der Waals surface area contributed by atoms with E-state index in [2.05, 4.69) is 62.5 Å². The number of amides is 1. The molecule has 0 spiro atoms. The first-order valence-corrected chi connectivity index (χ1v) is 9.26. The van der Waals surface area contributed by atoms with E-state index in [1.165, 1.54) is 16.9 Å². The highest BCUT2D eigenvalue weighted by molar-refractivity contribution is 9.10. The molecule has 4 rings (SSSR count). The first-order chi connectivity index (χ1) is 12.1. The van der Waals surface area contributed by atoms with Crippen LogP contribution in [0, 0.1) is 6.92 Å². The number of carbonyl (C=O) groups is 1. The zero-order valence-electron chi connectivity index (χ0n) is 13.2. The number of benzene rings is 2. The molecular formula is C18H13BrN4OS. The Labute approximate surface area is 156 Å². The third-order valence-corrected chi connectivity index (χ3v) is 5.28. The number of nitrogens with zero attached hydrogens (tertiary/aromatic N) is 3. The molecule has 1 N–H and O–H groups in total. The summed E-state index contributed by atoms with van der Waals surface area (Å²) in [4.78, 5) is 17.5. The van der Waals surface area contributed by atoms with Gasteiger partial charge >= 0.3 is 0 Å². The molecule has 2 heterocycles. The lowest BCUT2D eigenvalue weighted by molar-refractivity contribution is 0.102. The zero-order valence-corrected chi connectivity index (χ0v) is 15.6. The molecule has 4 aromatic rings. The molecule has 0 bridgehead atoms. The van der Waals surface area contributed by atoms with Gasteiger partial charge in [0.15, 0.2) is 0 Å². The van der Waals surface area contributed by atoms with Gasteiger partial charge in [0.25, 0.3) is 11.9 Å². The van der Waals surface area contributed by atoms with E-state index < -0.39 is 0 Å². The van der Waals surface area contributed by atoms with Gasteiger partial charge in [-0.2, -0.15) is 4.98 Å². The van der Waals surface area contributed by atoms with Crippen molar-refractivity contribution in [3.8, 4) is 11.3 Å². The lowest BCUT2D eigenvalue weighted by Gasteiger charge is -2.03. The summed E-state index contributed by atoms with van der Waals surface area (Å²) in [7, 11) is 0. The normalized spacial score (nSPS) is 11.0. The number of carbonyl (C=O) groups excluding carboxylic acids is 1. The SMILES string of the molecule is Cc1ccc(-c2csc3nc(NC(=O)c4ccccc4Br)nn23)cc1. The van der Waals surface area contributed by atoms with Gasteiger partial charge in [-0.25, -0.2) is 4.52 Å². The number of halogens is 1. The monoisotopic (exact) mass is 412 g/mol. The summed E-state index contributed by atoms with van der Waals surface area (Å²) in [5.74, 6) is 0.0450. The van der Waals surface area contributed by atoms with Gasteiger partial charge < -0.3 is 0 Å². The van der Waals surface area contributed by atoms with Gasteiger partial charge in [0, 0.05) is 15.4 Å². The van der Waals surface area contributed by atoms with Crippen molar-refractivity contribution in [3.63, 3.8) is 0 Å². The molecular weight excluding hydrogens is 400 g/mol. The predicted molar refractivity (Wildman–Crippen MR) is 103 cm³/mol. The number of anilines is 1. The number of hydrogen-bond acceptors (Lipinski definition) is 4. The van der Waals surface area contributed by atoms with Crippen molar-refractivity contribution in [1.29, 1.82) is 0 Å². The zero-order chi connectivity index (χ0) is 17.4. The number of aromatic nitrogens is 3. The van der Waals surface area contributed by atoms with E-state index in [0.717, 1.165) is 20.7 Å². The standard InChI is InChI=1S/C18H13BrN4OS/c1-11-6-8-12(9-7-11)15-10-25-18-21-17(22-23(15)18)20-16(24)13-4-2-3-5-14(13)19/h2-10H,1H3,(H,20,22,24). The lowest BCUT2D eigenvalue weighted by Crippen LogP contribution is -2.13. The molecule has 0 unspecified atom stereocenters. The van der Waals surface area contributed by atoms with Crippen molar-refractivity contribution in [2.75, 3.05) is 5.32 Å². The van der Waals surface area contributed by atoms with Gasteiger partial charge in [-0.05, 0) is 35.0 Å². The van der Waals surface area contributed by atoms with E-state index in [0.29, 0.717) is 11.5 Å². The molecule has 1 amide bonds. The fourth-order valence-corrected chi connectivity index (χ4v) is 3.77. The number of rotatable bonds is 3. The Morgan fingerprint density at radius 1 is 1.16 bits per heavy atom. The molecule has 7 heteroatoms. The molecule has 0 saturated heterocycles. The largest absolute Gasteiger partial charge is 0.289 e. The molecule has 0 saturated carbocycles. The number of aryl methyl sites for hydroxylation is 1. The number of hydrogen-bond donors (Lipinski definition) is 1. The van der Waals surface area contributed by atoms with E-state index in [4.69, 9.17) is 0 Å². The third kappa shape index (κ3) is 3.08. The molecule has 25 heavy (non-hydrogen) atoms. The summed E-state index contributed by atoms with van der Waals surface area (Å²) in [5.41, 5.74) is 3.76. The minimum atomic E-state index is -0.248. The Bertz CT molecular complexity index is 1070. The average Bonchev–Trinajstić information content (AvgIpc) is 3.16. The highest BCUT2D eigenvalue weighted by atomic mass is 79.9. The van der Waals surface area contributed by atoms with E-state index >= 15 is 0 Å². The van der Waals surface area contributed by atoms with Gasteiger partial charge in [0.05, 0.1) is 11.3 Å². The number of nitrogens with one attached hydrogen (secondary N) is 1. The van der Waals surface area contributed by atoms with Crippen molar-refractivity contribution >= 4 is 44.1 Å².